The number of halogens is 2. The largest absolute Gasteiger partial charge is 0.305 e. The van der Waals surface area contributed by atoms with Crippen LogP contribution in [0.3, 0.4) is 0 Å². The predicted molar refractivity (Wildman–Crippen MR) is 470 cm³/mol. The second-order valence-corrected chi connectivity index (χ2v) is 26.3. The maximum atomic E-state index is 13.0. The summed E-state index contributed by atoms with van der Waals surface area (Å²) in [4.78, 5) is 30.5. The van der Waals surface area contributed by atoms with Gasteiger partial charge in [0.2, 0.25) is 0 Å². The molecule has 0 N–H and O–H groups in total. The molecule has 18 aromatic rings. The number of pyridine rings is 7. The summed E-state index contributed by atoms with van der Waals surface area (Å²) in [7, 11) is 0. The summed E-state index contributed by atoms with van der Waals surface area (Å²) in [6.45, 7) is 12.1. The number of aryl methyl sites for hydroxylation is 6. The van der Waals surface area contributed by atoms with Crippen molar-refractivity contribution in [2.75, 3.05) is 0 Å². The van der Waals surface area contributed by atoms with Gasteiger partial charge < -0.3 is 34.9 Å². The minimum Gasteiger partial charge on any atom is -0.305 e. The normalized spacial score (nSPS) is 10.8. The molecule has 18 rings (SSSR count). The Hall–Kier alpha value is -12.1. The molecule has 0 spiro atoms. The van der Waals surface area contributed by atoms with E-state index in [1.54, 1.807) is 67.4 Å². The van der Waals surface area contributed by atoms with Gasteiger partial charge in [0.1, 0.15) is 11.6 Å². The van der Waals surface area contributed by atoms with Crippen molar-refractivity contribution in [3.05, 3.63) is 476 Å². The maximum absolute atomic E-state index is 13.0. The first kappa shape index (κ1) is 81.7. The summed E-state index contributed by atoms with van der Waals surface area (Å²) in [5.41, 5.74) is 26.1. The Labute approximate surface area is 770 Å². The summed E-state index contributed by atoms with van der Waals surface area (Å²) < 4.78 is 88.1. The van der Waals surface area contributed by atoms with Crippen LogP contribution in [0.4, 0.5) is 8.78 Å². The Morgan fingerprint density at radius 3 is 0.925 bits per heavy atom. The molecule has 0 amide bonds. The van der Waals surface area contributed by atoms with E-state index in [1.807, 2.05) is 214 Å². The second kappa shape index (κ2) is 49.3. The first-order valence-corrected chi connectivity index (χ1v) is 37.3. The van der Waals surface area contributed by atoms with Crippen LogP contribution in [0.25, 0.3) is 123 Å². The van der Waals surface area contributed by atoms with Gasteiger partial charge in [0, 0.05) is 152 Å². The van der Waals surface area contributed by atoms with Crippen LogP contribution in [0.15, 0.2) is 389 Å². The van der Waals surface area contributed by atoms with Crippen LogP contribution in [0.5, 0.6) is 0 Å². The SMILES string of the molecule is Cc1c[c-]c(-c2ccccn2)cc1.Cc1cc(-c2[c-]cccc2)ncc1-c1ccccc1.Cc1cc(-c2[c-]cccc2)ncc1-c1ccccc1.Cc1ccc[c-]c1-c1ccccn1.[2H]c1[c-]c(-c2cc(C)c(-c3ccc(F)cc3)cn2)c([2H])c([2H])c1[2H].[2H]c1[c-]c(-c2cc(C)c(-c3ccc(F)cc3)cn2)c([2H])c([2H])c1[2H].[Ir].[Ir].[Ir].[Ir].[c-]1ccccc1-c1ccccn1. The molecule has 0 saturated heterocycles. The molecular formula is C107H82F2Ir4N7-7. The maximum Gasteiger partial charge on any atom is 0.123 e. The number of aromatic nitrogens is 7. The molecule has 602 valence electrons. The third-order valence-corrected chi connectivity index (χ3v) is 18.0. The van der Waals surface area contributed by atoms with Gasteiger partial charge >= 0.3 is 0 Å². The number of hydrogen-bond acceptors (Lipinski definition) is 7. The van der Waals surface area contributed by atoms with Gasteiger partial charge in [-0.1, -0.05) is 159 Å². The number of rotatable bonds is 11. The van der Waals surface area contributed by atoms with Gasteiger partial charge in [-0.25, -0.2) is 8.78 Å². The van der Waals surface area contributed by atoms with Gasteiger partial charge in [-0.15, -0.1) is 250 Å². The van der Waals surface area contributed by atoms with E-state index in [0.717, 1.165) is 89.7 Å². The standard InChI is InChI=1S/2C18H13FN.2C18H14N.2C12H10N.C11H8N.4Ir/c2*1-13-11-18(15-5-3-2-4-6-15)20-12-17(13)14-7-9-16(19)10-8-14;2*1-14-12-18(16-10-6-3-7-11-16)19-13-17(14)15-8-4-2-5-9-15;1-10-6-2-3-7-11(10)12-8-4-5-9-13-12;1-10-5-7-11(8-6-10)12-4-2-3-9-13-12;1-2-6-10(7-3-1)11-8-4-5-9-12-11;;;;/h2*2-5,7-12H,1H3;2*2-10,12-13H,1H3;2-6,8-9H,1H3;2-7,9H,1H3;1-6,8-9H;;;;/q7*-1;;;;/i2*2D,3D,4D,5D;;;;;;;;;. The summed E-state index contributed by atoms with van der Waals surface area (Å²) in [5.74, 6) is -0.619. The predicted octanol–water partition coefficient (Wildman–Crippen LogP) is 26.6. The van der Waals surface area contributed by atoms with Crippen molar-refractivity contribution in [2.24, 2.45) is 0 Å². The van der Waals surface area contributed by atoms with E-state index in [1.165, 1.54) is 68.8 Å². The van der Waals surface area contributed by atoms with Crippen molar-refractivity contribution in [3.63, 3.8) is 0 Å². The van der Waals surface area contributed by atoms with E-state index >= 15 is 0 Å². The molecule has 0 aliphatic heterocycles. The van der Waals surface area contributed by atoms with Crippen LogP contribution < -0.4 is 0 Å². The Balaban J connectivity index is 0.000000186. The molecule has 7 nitrogen and oxygen atoms in total. The zero-order chi connectivity index (χ0) is 87.4. The van der Waals surface area contributed by atoms with E-state index < -0.39 is 0 Å². The molecule has 0 aliphatic rings. The third kappa shape index (κ3) is 27.8. The van der Waals surface area contributed by atoms with Crippen molar-refractivity contribution < 1.29 is 100 Å². The van der Waals surface area contributed by atoms with Crippen molar-refractivity contribution in [2.45, 2.75) is 41.5 Å². The number of benzene rings is 11. The summed E-state index contributed by atoms with van der Waals surface area (Å²) in [5, 5.41) is 0. The van der Waals surface area contributed by atoms with Gasteiger partial charge in [-0.2, -0.15) is 0 Å². The van der Waals surface area contributed by atoms with E-state index in [0.29, 0.717) is 11.4 Å². The van der Waals surface area contributed by atoms with Crippen LogP contribution in [0.1, 0.15) is 44.3 Å². The molecule has 7 heterocycles. The Bertz CT molecular complexity index is 6210. The molecule has 0 bridgehead atoms. The third-order valence-electron chi connectivity index (χ3n) is 18.0. The minimum absolute atomic E-state index is 0. The van der Waals surface area contributed by atoms with Gasteiger partial charge in [0.15, 0.2) is 0 Å². The number of hydrogen-bond donors (Lipinski definition) is 0. The van der Waals surface area contributed by atoms with Crippen molar-refractivity contribution in [1.82, 2.24) is 34.9 Å². The van der Waals surface area contributed by atoms with Crippen molar-refractivity contribution in [1.29, 1.82) is 0 Å². The molecule has 0 atom stereocenters. The van der Waals surface area contributed by atoms with Crippen LogP contribution in [-0.4, -0.2) is 34.9 Å². The molecule has 0 fully saturated rings. The van der Waals surface area contributed by atoms with Gasteiger partial charge in [-0.3, -0.25) is 0 Å². The molecule has 11 aromatic carbocycles. The van der Waals surface area contributed by atoms with Crippen molar-refractivity contribution >= 4 is 0 Å². The molecule has 0 unspecified atom stereocenters. The van der Waals surface area contributed by atoms with E-state index in [9.17, 15) is 8.78 Å². The Morgan fingerprint density at radius 2 is 0.592 bits per heavy atom. The minimum atomic E-state index is -0.316. The quantitative estimate of drug-likeness (QED) is 0.119. The van der Waals surface area contributed by atoms with Crippen LogP contribution >= 0.6 is 0 Å². The van der Waals surface area contributed by atoms with Crippen molar-refractivity contribution in [3.8, 4) is 123 Å². The monoisotopic (exact) mass is 2280 g/mol. The van der Waals surface area contributed by atoms with Gasteiger partial charge in [-0.05, 0) is 160 Å². The fraction of sp³-hybridized carbons (Fsp3) is 0.0561. The average Bonchev–Trinajstić information content (AvgIpc) is 0.786. The molecule has 0 aliphatic carbocycles. The summed E-state index contributed by atoms with van der Waals surface area (Å²) in [6, 6.07) is 113. The van der Waals surface area contributed by atoms with Gasteiger partial charge in [0.05, 0.1) is 0 Å². The molecule has 7 aromatic heterocycles. The van der Waals surface area contributed by atoms with E-state index in [2.05, 4.69) is 154 Å². The number of nitrogens with zero attached hydrogens (tertiary/aromatic N) is 7. The Morgan fingerprint density at radius 1 is 0.258 bits per heavy atom. The Kier molecular flexibility index (Phi) is 33.6. The first-order valence-electron chi connectivity index (χ1n) is 41.3. The molecule has 0 saturated carbocycles. The van der Waals surface area contributed by atoms with Crippen LogP contribution in [0, 0.1) is 95.6 Å². The fourth-order valence-corrected chi connectivity index (χ4v) is 11.9. The van der Waals surface area contributed by atoms with Crippen LogP contribution in [-0.2, 0) is 80.4 Å². The fourth-order valence-electron chi connectivity index (χ4n) is 11.9. The second-order valence-electron chi connectivity index (χ2n) is 26.3. The van der Waals surface area contributed by atoms with E-state index in [4.69, 9.17) is 11.0 Å². The topological polar surface area (TPSA) is 90.2 Å². The van der Waals surface area contributed by atoms with Crippen LogP contribution in [0.2, 0.25) is 0 Å². The zero-order valence-corrected chi connectivity index (χ0v) is 75.6. The molecule has 13 heteroatoms. The first-order chi connectivity index (χ1) is 60.2. The smallest absolute Gasteiger partial charge is 0.123 e. The molecular weight excluding hydrogens is 2190 g/mol. The van der Waals surface area contributed by atoms with Gasteiger partial charge in [0.25, 0.3) is 0 Å². The molecule has 4 radical (unpaired) electrons. The molecule has 120 heavy (non-hydrogen) atoms. The average molecular weight is 2280 g/mol. The zero-order valence-electron chi connectivity index (χ0n) is 74.1. The summed E-state index contributed by atoms with van der Waals surface area (Å²) >= 11 is 0. The van der Waals surface area contributed by atoms with E-state index in [-0.39, 0.29) is 152 Å². The summed E-state index contributed by atoms with van der Waals surface area (Å²) in [6.07, 6.45) is 12.5.